The maximum atomic E-state index is 11.3. The number of carboxylic acid groups (broad SMARTS) is 1. The van der Waals surface area contributed by atoms with Crippen molar-refractivity contribution in [2.45, 2.75) is 34.6 Å². The Kier molecular flexibility index (Phi) is 2.49. The number of carboxylic acids is 1. The van der Waals surface area contributed by atoms with Gasteiger partial charge in [-0.15, -0.1) is 0 Å². The second-order valence-corrected chi connectivity index (χ2v) is 4.54. The van der Waals surface area contributed by atoms with Crippen LogP contribution in [-0.4, -0.2) is 11.1 Å². The van der Waals surface area contributed by atoms with E-state index in [1.54, 1.807) is 6.92 Å². The van der Waals surface area contributed by atoms with E-state index in [-0.39, 0.29) is 0 Å². The van der Waals surface area contributed by atoms with E-state index in [9.17, 15) is 9.90 Å². The molecule has 0 bridgehead atoms. The van der Waals surface area contributed by atoms with Gasteiger partial charge in [-0.3, -0.25) is 0 Å². The Bertz CT molecular complexity index is 633. The van der Waals surface area contributed by atoms with Crippen molar-refractivity contribution in [1.82, 2.24) is 0 Å². The van der Waals surface area contributed by atoms with Crippen LogP contribution in [0.4, 0.5) is 0 Å². The topological polar surface area (TPSA) is 50.4 Å². The molecule has 0 spiro atoms. The Labute approximate surface area is 100 Å². The quantitative estimate of drug-likeness (QED) is 0.816. The molecule has 3 heteroatoms. The van der Waals surface area contributed by atoms with E-state index in [2.05, 4.69) is 0 Å². The standard InChI is InChI=1S/C14H16O3/c1-6-7(2)9(4)13-11(8(6)3)12(14(15)16)10(5)17-13/h1-5H3,(H,15,16). The highest BCUT2D eigenvalue weighted by molar-refractivity contribution is 6.06. The van der Waals surface area contributed by atoms with Crippen molar-refractivity contribution in [1.29, 1.82) is 0 Å². The Hall–Kier alpha value is -1.77. The minimum atomic E-state index is -0.924. The lowest BCUT2D eigenvalue weighted by Gasteiger charge is -2.10. The van der Waals surface area contributed by atoms with Crippen LogP contribution in [-0.2, 0) is 0 Å². The lowest BCUT2D eigenvalue weighted by molar-refractivity contribution is 0.0697. The summed E-state index contributed by atoms with van der Waals surface area (Å²) in [6.07, 6.45) is 0. The fourth-order valence-corrected chi connectivity index (χ4v) is 2.34. The Balaban J connectivity index is 3.07. The number of benzene rings is 1. The van der Waals surface area contributed by atoms with Crippen LogP contribution in [0.25, 0.3) is 11.0 Å². The summed E-state index contributed by atoms with van der Waals surface area (Å²) in [6, 6.07) is 0. The highest BCUT2D eigenvalue weighted by Crippen LogP contribution is 2.34. The Morgan fingerprint density at radius 1 is 0.941 bits per heavy atom. The summed E-state index contributed by atoms with van der Waals surface area (Å²) in [4.78, 5) is 11.3. The first-order chi connectivity index (χ1) is 7.86. The second kappa shape index (κ2) is 3.62. The summed E-state index contributed by atoms with van der Waals surface area (Å²) in [5.74, 6) is -0.448. The number of rotatable bonds is 1. The van der Waals surface area contributed by atoms with Gasteiger partial charge in [0.25, 0.3) is 0 Å². The maximum absolute atomic E-state index is 11.3. The smallest absolute Gasteiger partial charge is 0.339 e. The van der Waals surface area contributed by atoms with E-state index >= 15 is 0 Å². The van der Waals surface area contributed by atoms with Gasteiger partial charge in [-0.1, -0.05) is 0 Å². The first-order valence-corrected chi connectivity index (χ1v) is 5.59. The first kappa shape index (κ1) is 11.7. The number of aromatic carboxylic acids is 1. The SMILES string of the molecule is Cc1oc2c(C)c(C)c(C)c(C)c2c1C(=O)O. The molecule has 1 aromatic carbocycles. The van der Waals surface area contributed by atoms with Crippen LogP contribution < -0.4 is 0 Å². The largest absolute Gasteiger partial charge is 0.478 e. The Morgan fingerprint density at radius 3 is 2.00 bits per heavy atom. The maximum Gasteiger partial charge on any atom is 0.339 e. The van der Waals surface area contributed by atoms with Crippen LogP contribution in [0.3, 0.4) is 0 Å². The van der Waals surface area contributed by atoms with Gasteiger partial charge in [0.05, 0.1) is 0 Å². The van der Waals surface area contributed by atoms with Crippen LogP contribution in [0.15, 0.2) is 4.42 Å². The summed E-state index contributed by atoms with van der Waals surface area (Å²) in [5.41, 5.74) is 5.33. The van der Waals surface area contributed by atoms with Crippen molar-refractivity contribution in [2.75, 3.05) is 0 Å². The van der Waals surface area contributed by atoms with E-state index in [4.69, 9.17) is 4.42 Å². The predicted octanol–water partition coefficient (Wildman–Crippen LogP) is 3.67. The number of hydrogen-bond acceptors (Lipinski definition) is 2. The van der Waals surface area contributed by atoms with Crippen LogP contribution in [0.1, 0.15) is 38.4 Å². The van der Waals surface area contributed by atoms with Crippen LogP contribution >= 0.6 is 0 Å². The van der Waals surface area contributed by atoms with Gasteiger partial charge in [-0.25, -0.2) is 4.79 Å². The third kappa shape index (κ3) is 1.46. The molecule has 3 nitrogen and oxygen atoms in total. The zero-order chi connectivity index (χ0) is 12.9. The predicted molar refractivity (Wildman–Crippen MR) is 66.9 cm³/mol. The molecule has 2 aromatic rings. The number of carbonyl (C=O) groups is 1. The molecule has 0 unspecified atom stereocenters. The van der Waals surface area contributed by atoms with E-state index in [1.807, 2.05) is 27.7 Å². The van der Waals surface area contributed by atoms with E-state index < -0.39 is 5.97 Å². The molecule has 1 aromatic heterocycles. The monoisotopic (exact) mass is 232 g/mol. The number of aryl methyl sites for hydroxylation is 3. The van der Waals surface area contributed by atoms with Crippen molar-refractivity contribution < 1.29 is 14.3 Å². The van der Waals surface area contributed by atoms with Crippen LogP contribution in [0.5, 0.6) is 0 Å². The van der Waals surface area contributed by atoms with Crippen molar-refractivity contribution in [3.63, 3.8) is 0 Å². The van der Waals surface area contributed by atoms with Crippen molar-refractivity contribution >= 4 is 16.9 Å². The Morgan fingerprint density at radius 2 is 1.47 bits per heavy atom. The molecule has 0 radical (unpaired) electrons. The zero-order valence-electron chi connectivity index (χ0n) is 10.8. The molecular formula is C14H16O3. The van der Waals surface area contributed by atoms with Gasteiger partial charge >= 0.3 is 5.97 Å². The molecule has 2 rings (SSSR count). The van der Waals surface area contributed by atoms with E-state index in [1.165, 1.54) is 5.56 Å². The molecule has 90 valence electrons. The number of furan rings is 1. The van der Waals surface area contributed by atoms with Crippen molar-refractivity contribution in [3.05, 3.63) is 33.6 Å². The summed E-state index contributed by atoms with van der Waals surface area (Å²) in [5, 5.41) is 10.0. The lowest BCUT2D eigenvalue weighted by atomic mass is 9.94. The zero-order valence-corrected chi connectivity index (χ0v) is 10.8. The fourth-order valence-electron chi connectivity index (χ4n) is 2.34. The third-order valence-corrected chi connectivity index (χ3v) is 3.70. The summed E-state index contributed by atoms with van der Waals surface area (Å²) in [7, 11) is 0. The molecule has 0 aliphatic heterocycles. The molecule has 0 atom stereocenters. The highest BCUT2D eigenvalue weighted by Gasteiger charge is 2.22. The minimum Gasteiger partial charge on any atom is -0.478 e. The third-order valence-electron chi connectivity index (χ3n) is 3.70. The first-order valence-electron chi connectivity index (χ1n) is 5.59. The van der Waals surface area contributed by atoms with Gasteiger partial charge < -0.3 is 9.52 Å². The van der Waals surface area contributed by atoms with Crippen molar-refractivity contribution in [2.24, 2.45) is 0 Å². The van der Waals surface area contributed by atoms with Gasteiger partial charge in [0, 0.05) is 5.39 Å². The number of fused-ring (bicyclic) bond motifs is 1. The van der Waals surface area contributed by atoms with Gasteiger partial charge in [-0.2, -0.15) is 0 Å². The summed E-state index contributed by atoms with van der Waals surface area (Å²) < 4.78 is 5.63. The lowest BCUT2D eigenvalue weighted by Crippen LogP contribution is -1.99. The minimum absolute atomic E-state index is 0.295. The molecule has 17 heavy (non-hydrogen) atoms. The molecule has 0 aliphatic carbocycles. The molecule has 1 N–H and O–H groups in total. The van der Waals surface area contributed by atoms with Gasteiger partial charge in [0.15, 0.2) is 0 Å². The fraction of sp³-hybridized carbons (Fsp3) is 0.357. The molecule has 0 saturated heterocycles. The molecule has 1 heterocycles. The molecular weight excluding hydrogens is 216 g/mol. The normalized spacial score (nSPS) is 11.1. The highest BCUT2D eigenvalue weighted by atomic mass is 16.4. The summed E-state index contributed by atoms with van der Waals surface area (Å²) in [6.45, 7) is 9.68. The van der Waals surface area contributed by atoms with E-state index in [0.717, 1.165) is 22.1 Å². The second-order valence-electron chi connectivity index (χ2n) is 4.54. The van der Waals surface area contributed by atoms with Gasteiger partial charge in [-0.05, 0) is 56.9 Å². The average Bonchev–Trinajstić information content (AvgIpc) is 2.61. The molecule has 0 fully saturated rings. The summed E-state index contributed by atoms with van der Waals surface area (Å²) >= 11 is 0. The molecule has 0 aliphatic rings. The van der Waals surface area contributed by atoms with Crippen molar-refractivity contribution in [3.8, 4) is 0 Å². The van der Waals surface area contributed by atoms with Crippen LogP contribution in [0.2, 0.25) is 0 Å². The number of hydrogen-bond donors (Lipinski definition) is 1. The van der Waals surface area contributed by atoms with Gasteiger partial charge in [0.2, 0.25) is 0 Å². The van der Waals surface area contributed by atoms with Gasteiger partial charge in [0.1, 0.15) is 16.9 Å². The molecule has 0 amide bonds. The van der Waals surface area contributed by atoms with Crippen LogP contribution in [0, 0.1) is 34.6 Å². The average molecular weight is 232 g/mol. The van der Waals surface area contributed by atoms with E-state index in [0.29, 0.717) is 16.9 Å². The molecule has 0 saturated carbocycles.